The minimum Gasteiger partial charge on any atom is -0.490 e. The van der Waals surface area contributed by atoms with E-state index in [1.165, 1.54) is 46.6 Å². The monoisotopic (exact) mass is 705 g/mol. The second-order valence-electron chi connectivity index (χ2n) is 12.2. The van der Waals surface area contributed by atoms with Gasteiger partial charge in [-0.25, -0.2) is 21.2 Å². The first kappa shape index (κ1) is 37.3. The van der Waals surface area contributed by atoms with E-state index in [-0.39, 0.29) is 58.5 Å². The summed E-state index contributed by atoms with van der Waals surface area (Å²) >= 11 is 0. The van der Waals surface area contributed by atoms with Crippen molar-refractivity contribution in [3.63, 3.8) is 0 Å². The number of aliphatic hydroxyl groups excluding tert-OH is 1. The lowest BCUT2D eigenvalue weighted by molar-refractivity contribution is -0.00833. The second kappa shape index (κ2) is 16.2. The number of hydrogen-bond acceptors (Lipinski definition) is 8. The maximum atomic E-state index is 14.3. The molecule has 0 fully saturated rings. The lowest BCUT2D eigenvalue weighted by Gasteiger charge is -2.35. The van der Waals surface area contributed by atoms with Gasteiger partial charge in [0.15, 0.2) is 0 Å². The van der Waals surface area contributed by atoms with Crippen LogP contribution >= 0.6 is 0 Å². The number of anilines is 1. The number of rotatable bonds is 9. The molecule has 2 N–H and O–H groups in total. The van der Waals surface area contributed by atoms with E-state index < -0.39 is 43.9 Å². The first-order chi connectivity index (χ1) is 22.7. The summed E-state index contributed by atoms with van der Waals surface area (Å²) in [6.07, 6.45) is 1.17. The van der Waals surface area contributed by atoms with E-state index in [4.69, 9.17) is 9.47 Å². The molecule has 11 nitrogen and oxygen atoms in total. The number of hydrogen-bond donors (Lipinski definition) is 2. The molecule has 48 heavy (non-hydrogen) atoms. The van der Waals surface area contributed by atoms with Crippen LogP contribution in [0.5, 0.6) is 5.75 Å². The Morgan fingerprint density at radius 3 is 2.35 bits per heavy atom. The molecule has 14 heteroatoms. The zero-order valence-corrected chi connectivity index (χ0v) is 29.2. The second-order valence-corrected chi connectivity index (χ2v) is 15.9. The molecule has 0 spiro atoms. The third-order valence-electron chi connectivity index (χ3n) is 8.32. The van der Waals surface area contributed by atoms with Crippen molar-refractivity contribution in [2.45, 2.75) is 68.1 Å². The number of likely N-dealkylation sites (N-methyl/N-ethyl adjacent to an activating group) is 1. The highest BCUT2D eigenvalue weighted by molar-refractivity contribution is 7.92. The van der Waals surface area contributed by atoms with E-state index in [9.17, 15) is 31.1 Å². The Balaban J connectivity index is 1.68. The van der Waals surface area contributed by atoms with Gasteiger partial charge in [-0.15, -0.1) is 0 Å². The lowest BCUT2D eigenvalue weighted by atomic mass is 10.0. The fourth-order valence-electron chi connectivity index (χ4n) is 5.40. The van der Waals surface area contributed by atoms with Gasteiger partial charge in [-0.1, -0.05) is 25.1 Å². The van der Waals surface area contributed by atoms with Gasteiger partial charge in [-0.2, -0.15) is 4.31 Å². The highest BCUT2D eigenvalue weighted by Crippen LogP contribution is 2.30. The largest absolute Gasteiger partial charge is 0.490 e. The summed E-state index contributed by atoms with van der Waals surface area (Å²) in [5.41, 5.74) is 0.161. The van der Waals surface area contributed by atoms with Gasteiger partial charge in [-0.3, -0.25) is 9.52 Å². The van der Waals surface area contributed by atoms with E-state index in [0.29, 0.717) is 19.4 Å². The Labute approximate surface area is 282 Å². The van der Waals surface area contributed by atoms with Gasteiger partial charge in [0.05, 0.1) is 40.2 Å². The average molecular weight is 706 g/mol. The number of carbonyl (C=O) groups excluding carboxylic acids is 1. The van der Waals surface area contributed by atoms with Gasteiger partial charge in [-0.05, 0) is 87.7 Å². The normalized spacial score (nSPS) is 20.8. The van der Waals surface area contributed by atoms with E-state index in [1.807, 2.05) is 13.8 Å². The standard InChI is InChI=1S/C34H44FN3O8S2/c1-24-21-38(25(2)23-39)34(40)31-20-28(36-47(41,42)29-16-13-27(35)14-17-29)15-18-32(31)46-26(3)10-8-9-19-45-33(24)22-37(4)48(43,44)30-11-6-5-7-12-30/h5-7,11-18,20,24-26,33,36,39H,8-10,19,21-23H2,1-4H3/t24-,25+,26-,33+/m0/s1. The number of aliphatic hydroxyl groups is 1. The molecule has 0 aromatic heterocycles. The Morgan fingerprint density at radius 2 is 1.69 bits per heavy atom. The molecular formula is C34H44FN3O8S2. The van der Waals surface area contributed by atoms with E-state index in [0.717, 1.165) is 30.7 Å². The number of sulfonamides is 2. The van der Waals surface area contributed by atoms with E-state index >= 15 is 0 Å². The maximum Gasteiger partial charge on any atom is 0.261 e. The van der Waals surface area contributed by atoms with Crippen LogP contribution < -0.4 is 9.46 Å². The molecule has 4 rings (SSSR count). The van der Waals surface area contributed by atoms with E-state index in [1.54, 1.807) is 25.1 Å². The molecule has 0 bridgehead atoms. The number of nitrogens with zero attached hydrogens (tertiary/aromatic N) is 2. The van der Waals surface area contributed by atoms with Crippen molar-refractivity contribution in [1.82, 2.24) is 9.21 Å². The Kier molecular flexibility index (Phi) is 12.6. The number of ether oxygens (including phenoxy) is 2. The van der Waals surface area contributed by atoms with Crippen molar-refractivity contribution < 1.29 is 40.6 Å². The van der Waals surface area contributed by atoms with Gasteiger partial charge in [0, 0.05) is 38.3 Å². The summed E-state index contributed by atoms with van der Waals surface area (Å²) in [6, 6.07) is 16.2. The topological polar surface area (TPSA) is 143 Å². The molecule has 1 aliphatic heterocycles. The fraction of sp³-hybridized carbons (Fsp3) is 0.441. The first-order valence-corrected chi connectivity index (χ1v) is 18.8. The van der Waals surface area contributed by atoms with Gasteiger partial charge in [0.25, 0.3) is 15.9 Å². The van der Waals surface area contributed by atoms with Crippen molar-refractivity contribution in [2.75, 3.05) is 38.1 Å². The summed E-state index contributed by atoms with van der Waals surface area (Å²) < 4.78 is 82.5. The van der Waals surface area contributed by atoms with Gasteiger partial charge >= 0.3 is 0 Å². The molecule has 1 heterocycles. The molecule has 0 saturated heterocycles. The quantitative estimate of drug-likeness (QED) is 0.325. The van der Waals surface area contributed by atoms with Crippen molar-refractivity contribution in [1.29, 1.82) is 0 Å². The van der Waals surface area contributed by atoms with Crippen molar-refractivity contribution >= 4 is 31.6 Å². The molecule has 0 aliphatic carbocycles. The van der Waals surface area contributed by atoms with Crippen LogP contribution in [0.2, 0.25) is 0 Å². The number of carbonyl (C=O) groups is 1. The molecule has 3 aromatic rings. The van der Waals surface area contributed by atoms with Gasteiger partial charge < -0.3 is 19.5 Å². The van der Waals surface area contributed by atoms with Crippen LogP contribution in [0.1, 0.15) is 50.4 Å². The Bertz CT molecular complexity index is 1740. The lowest BCUT2D eigenvalue weighted by Crippen LogP contribution is -2.48. The molecule has 0 radical (unpaired) electrons. The molecule has 3 aromatic carbocycles. The summed E-state index contributed by atoms with van der Waals surface area (Å²) in [5.74, 6) is -1.24. The zero-order chi connectivity index (χ0) is 35.1. The van der Waals surface area contributed by atoms with Crippen LogP contribution in [0.4, 0.5) is 10.1 Å². The molecule has 4 atom stereocenters. The molecule has 0 saturated carbocycles. The predicted molar refractivity (Wildman–Crippen MR) is 180 cm³/mol. The number of benzene rings is 3. The molecule has 0 unspecified atom stereocenters. The third kappa shape index (κ3) is 9.32. The Morgan fingerprint density at radius 1 is 1.00 bits per heavy atom. The first-order valence-electron chi connectivity index (χ1n) is 15.9. The molecule has 262 valence electrons. The van der Waals surface area contributed by atoms with Gasteiger partial charge in [0.1, 0.15) is 11.6 Å². The summed E-state index contributed by atoms with van der Waals surface area (Å²) in [5, 5.41) is 10.2. The number of amides is 1. The summed E-state index contributed by atoms with van der Waals surface area (Å²) in [6.45, 7) is 5.53. The molecule has 1 aliphatic rings. The fourth-order valence-corrected chi connectivity index (χ4v) is 7.65. The smallest absolute Gasteiger partial charge is 0.261 e. The van der Waals surface area contributed by atoms with Crippen LogP contribution in [0.15, 0.2) is 82.6 Å². The van der Waals surface area contributed by atoms with Crippen molar-refractivity contribution in [3.05, 3.63) is 84.2 Å². The van der Waals surface area contributed by atoms with Crippen molar-refractivity contribution in [2.24, 2.45) is 5.92 Å². The van der Waals surface area contributed by atoms with Crippen LogP contribution in [-0.2, 0) is 24.8 Å². The van der Waals surface area contributed by atoms with E-state index in [2.05, 4.69) is 4.72 Å². The highest BCUT2D eigenvalue weighted by Gasteiger charge is 2.32. The van der Waals surface area contributed by atoms with Crippen LogP contribution in [0.3, 0.4) is 0 Å². The third-order valence-corrected chi connectivity index (χ3v) is 11.6. The van der Waals surface area contributed by atoms with Gasteiger partial charge in [0.2, 0.25) is 10.0 Å². The van der Waals surface area contributed by atoms with Crippen LogP contribution in [0, 0.1) is 11.7 Å². The maximum absolute atomic E-state index is 14.3. The molecule has 1 amide bonds. The number of fused-ring (bicyclic) bond motifs is 1. The average Bonchev–Trinajstić information content (AvgIpc) is 3.06. The zero-order valence-electron chi connectivity index (χ0n) is 27.6. The Hall–Kier alpha value is -3.56. The van der Waals surface area contributed by atoms with Crippen molar-refractivity contribution in [3.8, 4) is 5.75 Å². The minimum atomic E-state index is -4.12. The molecular weight excluding hydrogens is 662 g/mol. The van der Waals surface area contributed by atoms with Crippen LogP contribution in [0.25, 0.3) is 0 Å². The SMILES string of the molecule is C[C@H](CO)N1C[C@H](C)[C@@H](CN(C)S(=O)(=O)c2ccccc2)OCCCC[C@H](C)Oc2ccc(NS(=O)(=O)c3ccc(F)cc3)cc2C1=O. The summed E-state index contributed by atoms with van der Waals surface area (Å²) in [7, 11) is -6.44. The highest BCUT2D eigenvalue weighted by atomic mass is 32.2. The predicted octanol–water partition coefficient (Wildman–Crippen LogP) is 4.74. The van der Waals surface area contributed by atoms with Crippen LogP contribution in [-0.4, -0.2) is 88.7 Å². The number of nitrogens with one attached hydrogen (secondary N) is 1. The minimum absolute atomic E-state index is 0.0271. The summed E-state index contributed by atoms with van der Waals surface area (Å²) in [4.78, 5) is 15.8. The number of halogens is 1.